The lowest BCUT2D eigenvalue weighted by Crippen LogP contribution is -2.33. The summed E-state index contributed by atoms with van der Waals surface area (Å²) in [6.07, 6.45) is 2.21. The zero-order valence-corrected chi connectivity index (χ0v) is 16.9. The maximum absolute atomic E-state index is 15.1. The molecule has 2 heterocycles. The van der Waals surface area contributed by atoms with Crippen molar-refractivity contribution in [1.29, 1.82) is 0 Å². The number of anilines is 3. The molecular weight excluding hydrogens is 355 g/mol. The van der Waals surface area contributed by atoms with E-state index in [1.165, 1.54) is 0 Å². The Kier molecular flexibility index (Phi) is 4.65. The number of hydrogen-bond donors (Lipinski definition) is 1. The topological polar surface area (TPSA) is 42.2 Å². The van der Waals surface area contributed by atoms with Crippen molar-refractivity contribution in [3.05, 3.63) is 52.2 Å². The van der Waals surface area contributed by atoms with Crippen molar-refractivity contribution in [2.24, 2.45) is 20.0 Å². The highest BCUT2D eigenvalue weighted by atomic mass is 19.1. The summed E-state index contributed by atoms with van der Waals surface area (Å²) in [7, 11) is 3.52. The van der Waals surface area contributed by atoms with Crippen LogP contribution in [0.4, 0.5) is 21.5 Å². The van der Waals surface area contributed by atoms with Crippen LogP contribution in [0.25, 0.3) is 11.0 Å². The van der Waals surface area contributed by atoms with Crippen molar-refractivity contribution in [3.63, 3.8) is 0 Å². The van der Waals surface area contributed by atoms with E-state index in [9.17, 15) is 4.79 Å². The molecule has 1 fully saturated rings. The van der Waals surface area contributed by atoms with Crippen molar-refractivity contribution in [1.82, 2.24) is 9.13 Å². The van der Waals surface area contributed by atoms with Crippen LogP contribution < -0.4 is 15.9 Å². The fourth-order valence-electron chi connectivity index (χ4n) is 4.04. The molecular formula is C22H27FN4O. The van der Waals surface area contributed by atoms with Gasteiger partial charge in [0.1, 0.15) is 0 Å². The number of hydrogen-bond acceptors (Lipinski definition) is 3. The minimum atomic E-state index is -0.159. The lowest BCUT2D eigenvalue weighted by Gasteiger charge is -2.32. The number of nitrogens with one attached hydrogen (secondary N) is 1. The number of rotatable bonds is 3. The monoisotopic (exact) mass is 382 g/mol. The Morgan fingerprint density at radius 2 is 1.71 bits per heavy atom. The highest BCUT2D eigenvalue weighted by Crippen LogP contribution is 2.32. The second-order valence-electron chi connectivity index (χ2n) is 7.97. The zero-order valence-electron chi connectivity index (χ0n) is 16.9. The van der Waals surface area contributed by atoms with Gasteiger partial charge in [0.15, 0.2) is 5.82 Å². The molecule has 3 aromatic rings. The number of halogens is 1. The number of aryl methyl sites for hydroxylation is 2. The van der Waals surface area contributed by atoms with Crippen LogP contribution in [0.1, 0.15) is 25.3 Å². The van der Waals surface area contributed by atoms with Crippen molar-refractivity contribution >= 4 is 28.1 Å². The molecule has 0 amide bonds. The molecule has 2 aromatic carbocycles. The van der Waals surface area contributed by atoms with Gasteiger partial charge in [0, 0.05) is 44.1 Å². The van der Waals surface area contributed by atoms with Crippen LogP contribution in [0.15, 0.2) is 35.1 Å². The number of nitrogens with zero attached hydrogens (tertiary/aromatic N) is 3. The molecule has 5 nitrogen and oxygen atoms in total. The van der Waals surface area contributed by atoms with E-state index in [4.69, 9.17) is 0 Å². The maximum atomic E-state index is 15.1. The molecule has 0 aliphatic carbocycles. The number of aromatic nitrogens is 2. The number of piperidine rings is 1. The standard InChI is InChI=1S/C22H27FN4O/c1-14-9-11-27(12-10-14)19-8-6-17(15(2)21(19)23)24-16-5-7-18-20(13-16)26(4)22(28)25(18)3/h5-8,13-14,24H,9-12H2,1-4H3. The van der Waals surface area contributed by atoms with Gasteiger partial charge in [-0.15, -0.1) is 0 Å². The fourth-order valence-corrected chi connectivity index (χ4v) is 4.04. The molecule has 148 valence electrons. The normalized spacial score (nSPS) is 15.4. The van der Waals surface area contributed by atoms with E-state index in [-0.39, 0.29) is 11.5 Å². The average molecular weight is 382 g/mol. The van der Waals surface area contributed by atoms with Crippen LogP contribution in [0.5, 0.6) is 0 Å². The van der Waals surface area contributed by atoms with Crippen molar-refractivity contribution in [3.8, 4) is 0 Å². The molecule has 1 N–H and O–H groups in total. The first-order chi connectivity index (χ1) is 13.4. The molecule has 1 aromatic heterocycles. The lowest BCUT2D eigenvalue weighted by atomic mass is 9.98. The second-order valence-corrected chi connectivity index (χ2v) is 7.97. The smallest absolute Gasteiger partial charge is 0.328 e. The van der Waals surface area contributed by atoms with Crippen LogP contribution in [0.2, 0.25) is 0 Å². The Hall–Kier alpha value is -2.76. The SMILES string of the molecule is Cc1c(Nc2ccc3c(c2)n(C)c(=O)n3C)ccc(N2CCC(C)CC2)c1F. The molecule has 0 radical (unpaired) electrons. The quantitative estimate of drug-likeness (QED) is 0.734. The third kappa shape index (κ3) is 3.07. The Balaban J connectivity index is 1.63. The van der Waals surface area contributed by atoms with Crippen molar-refractivity contribution in [2.75, 3.05) is 23.3 Å². The molecule has 0 bridgehead atoms. The summed E-state index contributed by atoms with van der Waals surface area (Å²) < 4.78 is 18.3. The Morgan fingerprint density at radius 3 is 2.43 bits per heavy atom. The van der Waals surface area contributed by atoms with E-state index >= 15 is 4.39 Å². The van der Waals surface area contributed by atoms with Gasteiger partial charge in [-0.05, 0) is 56.0 Å². The summed E-state index contributed by atoms with van der Waals surface area (Å²) in [5.41, 5.74) is 4.52. The minimum absolute atomic E-state index is 0.0606. The van der Waals surface area contributed by atoms with Crippen LogP contribution >= 0.6 is 0 Å². The highest BCUT2D eigenvalue weighted by Gasteiger charge is 2.20. The third-order valence-corrected chi connectivity index (χ3v) is 6.04. The summed E-state index contributed by atoms with van der Waals surface area (Å²) in [4.78, 5) is 14.3. The minimum Gasteiger partial charge on any atom is -0.369 e. The van der Waals surface area contributed by atoms with E-state index < -0.39 is 0 Å². The first-order valence-electron chi connectivity index (χ1n) is 9.83. The van der Waals surface area contributed by atoms with Gasteiger partial charge in [-0.2, -0.15) is 0 Å². The van der Waals surface area contributed by atoms with Gasteiger partial charge in [0.2, 0.25) is 0 Å². The molecule has 0 saturated carbocycles. The molecule has 1 aliphatic rings. The highest BCUT2D eigenvalue weighted by molar-refractivity contribution is 5.82. The van der Waals surface area contributed by atoms with Gasteiger partial charge >= 0.3 is 5.69 Å². The molecule has 1 aliphatic heterocycles. The predicted octanol–water partition coefficient (Wildman–Crippen LogP) is 4.30. The molecule has 0 unspecified atom stereocenters. The summed E-state index contributed by atoms with van der Waals surface area (Å²) in [6, 6.07) is 9.57. The molecule has 6 heteroatoms. The van der Waals surface area contributed by atoms with E-state index in [1.54, 1.807) is 23.2 Å². The van der Waals surface area contributed by atoms with Gasteiger partial charge in [0.05, 0.1) is 16.7 Å². The van der Waals surface area contributed by atoms with Crippen LogP contribution in [-0.4, -0.2) is 22.2 Å². The number of fused-ring (bicyclic) bond motifs is 1. The molecule has 0 atom stereocenters. The predicted molar refractivity (Wildman–Crippen MR) is 113 cm³/mol. The average Bonchev–Trinajstić information content (AvgIpc) is 2.90. The van der Waals surface area contributed by atoms with E-state index in [2.05, 4.69) is 17.1 Å². The molecule has 4 rings (SSSR count). The summed E-state index contributed by atoms with van der Waals surface area (Å²) in [6.45, 7) is 5.88. The Morgan fingerprint density at radius 1 is 1.04 bits per heavy atom. The van der Waals surface area contributed by atoms with Crippen LogP contribution in [0, 0.1) is 18.7 Å². The van der Waals surface area contributed by atoms with E-state index in [0.717, 1.165) is 48.3 Å². The number of imidazole rings is 1. The second kappa shape index (κ2) is 7.00. The van der Waals surface area contributed by atoms with Crippen molar-refractivity contribution < 1.29 is 4.39 Å². The lowest BCUT2D eigenvalue weighted by molar-refractivity contribution is 0.434. The maximum Gasteiger partial charge on any atom is 0.328 e. The van der Waals surface area contributed by atoms with Gasteiger partial charge < -0.3 is 10.2 Å². The summed E-state index contributed by atoms with van der Waals surface area (Å²) in [5.74, 6) is 0.554. The number of benzene rings is 2. The summed E-state index contributed by atoms with van der Waals surface area (Å²) in [5, 5.41) is 3.32. The first-order valence-corrected chi connectivity index (χ1v) is 9.83. The van der Waals surface area contributed by atoms with Gasteiger partial charge in [0.25, 0.3) is 0 Å². The van der Waals surface area contributed by atoms with Crippen LogP contribution in [0.3, 0.4) is 0 Å². The fraction of sp³-hybridized carbons (Fsp3) is 0.409. The van der Waals surface area contributed by atoms with Gasteiger partial charge in [-0.1, -0.05) is 6.92 Å². The summed E-state index contributed by atoms with van der Waals surface area (Å²) >= 11 is 0. The van der Waals surface area contributed by atoms with E-state index in [1.807, 2.05) is 37.3 Å². The van der Waals surface area contributed by atoms with Crippen molar-refractivity contribution in [2.45, 2.75) is 26.7 Å². The van der Waals surface area contributed by atoms with E-state index in [0.29, 0.717) is 17.2 Å². The molecule has 28 heavy (non-hydrogen) atoms. The van der Waals surface area contributed by atoms with Crippen LogP contribution in [-0.2, 0) is 14.1 Å². The first kappa shape index (κ1) is 18.6. The Labute approximate surface area is 164 Å². The third-order valence-electron chi connectivity index (χ3n) is 6.04. The largest absolute Gasteiger partial charge is 0.369 e. The zero-order chi connectivity index (χ0) is 20.0. The molecule has 0 spiro atoms. The molecule has 1 saturated heterocycles. The Bertz CT molecular complexity index is 1090. The van der Waals surface area contributed by atoms with Gasteiger partial charge in [-0.25, -0.2) is 9.18 Å². The van der Waals surface area contributed by atoms with Gasteiger partial charge in [-0.3, -0.25) is 9.13 Å².